The Labute approximate surface area is 203 Å². The van der Waals surface area contributed by atoms with Gasteiger partial charge in [0.1, 0.15) is 11.9 Å². The Hall–Kier alpha value is -3.13. The summed E-state index contributed by atoms with van der Waals surface area (Å²) < 4.78 is 21.9. The van der Waals surface area contributed by atoms with E-state index in [1.807, 2.05) is 26.0 Å². The van der Waals surface area contributed by atoms with Crippen molar-refractivity contribution in [2.45, 2.75) is 64.6 Å². The molecule has 0 radical (unpaired) electrons. The lowest BCUT2D eigenvalue weighted by Crippen LogP contribution is -2.47. The van der Waals surface area contributed by atoms with E-state index >= 15 is 0 Å². The highest BCUT2D eigenvalue weighted by Gasteiger charge is 2.34. The van der Waals surface area contributed by atoms with E-state index in [0.29, 0.717) is 5.56 Å². The number of carbonyl (C=O) groups is 2. The average Bonchev–Trinajstić information content (AvgIpc) is 3.36. The second kappa shape index (κ2) is 10.9. The Balaban J connectivity index is 1.74. The zero-order valence-electron chi connectivity index (χ0n) is 19.5. The van der Waals surface area contributed by atoms with E-state index in [1.54, 1.807) is 12.1 Å². The van der Waals surface area contributed by atoms with Gasteiger partial charge in [-0.3, -0.25) is 9.59 Å². The maximum absolute atomic E-state index is 13.7. The molecule has 0 saturated heterocycles. The minimum absolute atomic E-state index is 0.0724. The molecule has 0 bridgehead atoms. The molecule has 1 heterocycles. The second-order valence-corrected chi connectivity index (χ2v) is 9.51. The Morgan fingerprint density at radius 3 is 2.50 bits per heavy atom. The summed E-state index contributed by atoms with van der Waals surface area (Å²) in [5.41, 5.74) is 3.82. The van der Waals surface area contributed by atoms with Crippen molar-refractivity contribution < 1.29 is 14.0 Å². The summed E-state index contributed by atoms with van der Waals surface area (Å²) >= 11 is 0.945. The van der Waals surface area contributed by atoms with Gasteiger partial charge in [-0.1, -0.05) is 55.2 Å². The fraction of sp³-hybridized carbons (Fsp3) is 0.385. The summed E-state index contributed by atoms with van der Waals surface area (Å²) in [5.74, 6) is -1.05. The van der Waals surface area contributed by atoms with Crippen LogP contribution < -0.4 is 5.32 Å². The minimum Gasteiger partial charge on any atom is -0.351 e. The van der Waals surface area contributed by atoms with E-state index in [1.165, 1.54) is 29.7 Å². The monoisotopic (exact) mass is 480 g/mol. The molecular formula is C26H29FN4O2S. The summed E-state index contributed by atoms with van der Waals surface area (Å²) in [4.78, 5) is 28.9. The van der Waals surface area contributed by atoms with Gasteiger partial charge in [0.25, 0.3) is 5.91 Å². The molecule has 1 saturated carbocycles. The number of aromatic nitrogens is 2. The Kier molecular flexibility index (Phi) is 7.67. The van der Waals surface area contributed by atoms with Gasteiger partial charge < -0.3 is 10.2 Å². The molecule has 1 atom stereocenters. The van der Waals surface area contributed by atoms with Crippen LogP contribution in [-0.2, 0) is 11.3 Å². The van der Waals surface area contributed by atoms with Gasteiger partial charge >= 0.3 is 0 Å². The first-order chi connectivity index (χ1) is 16.4. The van der Waals surface area contributed by atoms with Gasteiger partial charge in [0.05, 0.1) is 17.9 Å². The molecule has 178 valence electrons. The van der Waals surface area contributed by atoms with E-state index in [-0.39, 0.29) is 30.1 Å². The molecule has 1 fully saturated rings. The number of benzene rings is 2. The number of hydrogen-bond acceptors (Lipinski definition) is 5. The number of halogens is 1. The number of aryl methyl sites for hydroxylation is 2. The summed E-state index contributed by atoms with van der Waals surface area (Å²) in [6.07, 6.45) is 6.57. The molecule has 0 spiro atoms. The first-order valence-electron chi connectivity index (χ1n) is 11.6. The van der Waals surface area contributed by atoms with Crippen LogP contribution in [0.4, 0.5) is 4.39 Å². The molecule has 0 aliphatic heterocycles. The third kappa shape index (κ3) is 5.67. The van der Waals surface area contributed by atoms with Crippen LogP contribution in [-0.4, -0.2) is 31.5 Å². The standard InChI is InChI=1S/C26H29FN4O2S/c1-17-8-9-20(18(2)14-17)16-31(26(33)23-15-28-34-30-23)24(19-10-12-21(27)13-11-19)25(32)29-22-6-4-3-5-7-22/h8-15,22,24H,3-7,16H2,1-2H3,(H,29,32). The lowest BCUT2D eigenvalue weighted by molar-refractivity contribution is -0.127. The predicted molar refractivity (Wildman–Crippen MR) is 130 cm³/mol. The molecule has 3 aromatic rings. The first-order valence-corrected chi connectivity index (χ1v) is 12.4. The third-order valence-corrected chi connectivity index (χ3v) is 6.86. The van der Waals surface area contributed by atoms with E-state index in [0.717, 1.165) is 54.1 Å². The summed E-state index contributed by atoms with van der Waals surface area (Å²) in [7, 11) is 0. The van der Waals surface area contributed by atoms with Gasteiger partial charge in [0.15, 0.2) is 5.69 Å². The summed E-state index contributed by atoms with van der Waals surface area (Å²) in [5, 5.41) is 3.16. The van der Waals surface area contributed by atoms with Crippen molar-refractivity contribution in [1.82, 2.24) is 19.0 Å². The zero-order chi connectivity index (χ0) is 24.1. The predicted octanol–water partition coefficient (Wildman–Crippen LogP) is 5.13. The lowest BCUT2D eigenvalue weighted by atomic mass is 9.94. The van der Waals surface area contributed by atoms with Crippen molar-refractivity contribution in [1.29, 1.82) is 0 Å². The summed E-state index contributed by atoms with van der Waals surface area (Å²) in [6.45, 7) is 4.21. The van der Waals surface area contributed by atoms with Crippen LogP contribution in [0.3, 0.4) is 0 Å². The fourth-order valence-corrected chi connectivity index (χ4v) is 4.95. The molecule has 2 aromatic carbocycles. The minimum atomic E-state index is -0.933. The van der Waals surface area contributed by atoms with Crippen molar-refractivity contribution in [3.8, 4) is 0 Å². The number of carbonyl (C=O) groups excluding carboxylic acids is 2. The SMILES string of the molecule is Cc1ccc(CN(C(=O)c2cnsn2)C(C(=O)NC2CCCCC2)c2ccc(F)cc2)c(C)c1. The fourth-order valence-electron chi connectivity index (χ4n) is 4.54. The lowest BCUT2D eigenvalue weighted by Gasteiger charge is -2.33. The van der Waals surface area contributed by atoms with Crippen LogP contribution in [0.25, 0.3) is 0 Å². The van der Waals surface area contributed by atoms with Crippen molar-refractivity contribution in [3.05, 3.63) is 82.4 Å². The van der Waals surface area contributed by atoms with E-state index in [2.05, 4.69) is 20.1 Å². The number of nitrogens with one attached hydrogen (secondary N) is 1. The van der Waals surface area contributed by atoms with Crippen molar-refractivity contribution >= 4 is 23.5 Å². The average molecular weight is 481 g/mol. The van der Waals surface area contributed by atoms with Crippen molar-refractivity contribution in [3.63, 3.8) is 0 Å². The molecule has 1 aliphatic rings. The number of amides is 2. The highest BCUT2D eigenvalue weighted by Crippen LogP contribution is 2.28. The Morgan fingerprint density at radius 1 is 1.12 bits per heavy atom. The molecule has 2 amide bonds. The molecule has 6 nitrogen and oxygen atoms in total. The number of rotatable bonds is 7. The van der Waals surface area contributed by atoms with Crippen LogP contribution >= 0.6 is 11.7 Å². The van der Waals surface area contributed by atoms with Crippen LogP contribution in [0.1, 0.15) is 70.9 Å². The normalized spacial score (nSPS) is 15.0. The topological polar surface area (TPSA) is 75.2 Å². The molecule has 4 rings (SSSR count). The molecule has 1 aromatic heterocycles. The maximum Gasteiger partial charge on any atom is 0.276 e. The highest BCUT2D eigenvalue weighted by molar-refractivity contribution is 6.99. The molecule has 1 N–H and O–H groups in total. The van der Waals surface area contributed by atoms with E-state index in [4.69, 9.17) is 0 Å². The third-order valence-electron chi connectivity index (χ3n) is 6.38. The molecule has 34 heavy (non-hydrogen) atoms. The molecule has 8 heteroatoms. The number of hydrogen-bond donors (Lipinski definition) is 1. The largest absolute Gasteiger partial charge is 0.351 e. The Bertz CT molecular complexity index is 1130. The van der Waals surface area contributed by atoms with Crippen LogP contribution in [0.2, 0.25) is 0 Å². The van der Waals surface area contributed by atoms with Crippen LogP contribution in [0.15, 0.2) is 48.7 Å². The second-order valence-electron chi connectivity index (χ2n) is 8.95. The van der Waals surface area contributed by atoms with Crippen molar-refractivity contribution in [2.24, 2.45) is 0 Å². The van der Waals surface area contributed by atoms with Crippen LogP contribution in [0, 0.1) is 19.7 Å². The Morgan fingerprint density at radius 2 is 1.85 bits per heavy atom. The van der Waals surface area contributed by atoms with Gasteiger partial charge in [-0.05, 0) is 55.5 Å². The van der Waals surface area contributed by atoms with Gasteiger partial charge in [-0.15, -0.1) is 0 Å². The number of nitrogens with zero attached hydrogens (tertiary/aromatic N) is 3. The quantitative estimate of drug-likeness (QED) is 0.509. The maximum atomic E-state index is 13.7. The van der Waals surface area contributed by atoms with Crippen LogP contribution in [0.5, 0.6) is 0 Å². The highest BCUT2D eigenvalue weighted by atomic mass is 32.1. The van der Waals surface area contributed by atoms with Gasteiger partial charge in [-0.25, -0.2) is 4.39 Å². The smallest absolute Gasteiger partial charge is 0.276 e. The van der Waals surface area contributed by atoms with Gasteiger partial charge in [0.2, 0.25) is 5.91 Å². The van der Waals surface area contributed by atoms with E-state index in [9.17, 15) is 14.0 Å². The molecular weight excluding hydrogens is 451 g/mol. The molecule has 1 aliphatic carbocycles. The zero-order valence-corrected chi connectivity index (χ0v) is 20.3. The first kappa shape index (κ1) is 24.0. The molecule has 1 unspecified atom stereocenters. The van der Waals surface area contributed by atoms with Gasteiger partial charge in [-0.2, -0.15) is 8.75 Å². The summed E-state index contributed by atoms with van der Waals surface area (Å²) in [6, 6.07) is 10.9. The van der Waals surface area contributed by atoms with E-state index < -0.39 is 11.9 Å². The van der Waals surface area contributed by atoms with Crippen molar-refractivity contribution in [2.75, 3.05) is 0 Å². The van der Waals surface area contributed by atoms with Gasteiger partial charge in [0, 0.05) is 12.6 Å².